The Balaban J connectivity index is 3.18. The van der Waals surface area contributed by atoms with Crippen LogP contribution in [0.5, 0.6) is 0 Å². The summed E-state index contributed by atoms with van der Waals surface area (Å²) in [7, 11) is -3.25. The van der Waals surface area contributed by atoms with E-state index in [4.69, 9.17) is 23.2 Å². The fourth-order valence-electron chi connectivity index (χ4n) is 1.71. The van der Waals surface area contributed by atoms with Gasteiger partial charge in [0.2, 0.25) is 0 Å². The zero-order chi connectivity index (χ0) is 14.1. The van der Waals surface area contributed by atoms with E-state index in [0.717, 1.165) is 0 Å². The van der Waals surface area contributed by atoms with Gasteiger partial charge < -0.3 is 0 Å². The van der Waals surface area contributed by atoms with Crippen molar-refractivity contribution in [3.63, 3.8) is 0 Å². The molecule has 18 heavy (non-hydrogen) atoms. The molecule has 0 bridgehead atoms. The molecule has 0 saturated heterocycles. The van der Waals surface area contributed by atoms with Gasteiger partial charge in [-0.3, -0.25) is 0 Å². The second-order valence-electron chi connectivity index (χ2n) is 4.85. The van der Waals surface area contributed by atoms with Crippen molar-refractivity contribution in [2.45, 2.75) is 38.2 Å². The molecular formula is C13H18Cl2O2S. The predicted molar refractivity (Wildman–Crippen MR) is 78.1 cm³/mol. The van der Waals surface area contributed by atoms with Gasteiger partial charge in [-0.05, 0) is 37.5 Å². The third kappa shape index (κ3) is 3.19. The number of rotatable bonds is 4. The van der Waals surface area contributed by atoms with Gasteiger partial charge in [0.25, 0.3) is 0 Å². The molecule has 0 aliphatic heterocycles. The summed E-state index contributed by atoms with van der Waals surface area (Å²) in [4.78, 5) is 0. The summed E-state index contributed by atoms with van der Waals surface area (Å²) in [5, 5.41) is -0.126. The lowest BCUT2D eigenvalue weighted by molar-refractivity contribution is 0.537. The summed E-state index contributed by atoms with van der Waals surface area (Å²) in [6.07, 6.45) is 0. The maximum absolute atomic E-state index is 12.4. The van der Waals surface area contributed by atoms with Gasteiger partial charge >= 0.3 is 0 Å². The maximum Gasteiger partial charge on any atom is 0.159 e. The lowest BCUT2D eigenvalue weighted by atomic mass is 10.1. The van der Waals surface area contributed by atoms with E-state index in [9.17, 15) is 8.42 Å². The van der Waals surface area contributed by atoms with Gasteiger partial charge in [0.05, 0.1) is 10.5 Å². The monoisotopic (exact) mass is 308 g/mol. The van der Waals surface area contributed by atoms with Crippen molar-refractivity contribution in [1.82, 2.24) is 0 Å². The van der Waals surface area contributed by atoms with Crippen LogP contribution < -0.4 is 0 Å². The van der Waals surface area contributed by atoms with Gasteiger partial charge in [0, 0.05) is 10.0 Å². The second kappa shape index (κ2) is 5.81. The zero-order valence-corrected chi connectivity index (χ0v) is 13.3. The Morgan fingerprint density at radius 3 is 2.06 bits per heavy atom. The van der Waals surface area contributed by atoms with Gasteiger partial charge in [-0.15, -0.1) is 0 Å². The molecule has 1 rings (SSSR count). The summed E-state index contributed by atoms with van der Waals surface area (Å²) in [5.41, 5.74) is 0.605. The van der Waals surface area contributed by atoms with Crippen LogP contribution in [0.25, 0.3) is 0 Å². The summed E-state index contributed by atoms with van der Waals surface area (Å²) in [6, 6.07) is 4.92. The van der Waals surface area contributed by atoms with E-state index in [2.05, 4.69) is 0 Å². The normalized spacial score (nSPS) is 15.7. The van der Waals surface area contributed by atoms with E-state index in [1.165, 1.54) is 0 Å². The van der Waals surface area contributed by atoms with Gasteiger partial charge in [0.1, 0.15) is 0 Å². The Bertz CT molecular complexity index is 524. The van der Waals surface area contributed by atoms with E-state index in [1.807, 2.05) is 13.8 Å². The third-order valence-corrected chi connectivity index (χ3v) is 6.73. The molecule has 5 heteroatoms. The molecule has 0 amide bonds. The highest BCUT2D eigenvalue weighted by Gasteiger charge is 2.31. The second-order valence-corrected chi connectivity index (χ2v) is 8.32. The number of benzene rings is 1. The van der Waals surface area contributed by atoms with E-state index in [1.54, 1.807) is 32.0 Å². The van der Waals surface area contributed by atoms with Crippen LogP contribution in [0.3, 0.4) is 0 Å². The maximum atomic E-state index is 12.4. The summed E-state index contributed by atoms with van der Waals surface area (Å²) in [6.45, 7) is 7.21. The fraction of sp³-hybridized carbons (Fsp3) is 0.538. The molecule has 2 nitrogen and oxygen atoms in total. The van der Waals surface area contributed by atoms with Gasteiger partial charge in [0.15, 0.2) is 9.84 Å². The largest absolute Gasteiger partial charge is 0.228 e. The van der Waals surface area contributed by atoms with Crippen molar-refractivity contribution >= 4 is 33.0 Å². The summed E-state index contributed by atoms with van der Waals surface area (Å²) in [5.74, 6) is 0.0727. The first-order chi connectivity index (χ1) is 8.17. The molecule has 0 fully saturated rings. The van der Waals surface area contributed by atoms with E-state index < -0.39 is 20.3 Å². The molecule has 0 spiro atoms. The van der Waals surface area contributed by atoms with Gasteiger partial charge in [-0.2, -0.15) is 0 Å². The first-order valence-corrected chi connectivity index (χ1v) is 8.22. The van der Waals surface area contributed by atoms with Crippen LogP contribution in [-0.2, 0) is 9.84 Å². The van der Waals surface area contributed by atoms with E-state index in [0.29, 0.717) is 15.6 Å². The highest BCUT2D eigenvalue weighted by Crippen LogP contribution is 2.34. The van der Waals surface area contributed by atoms with Crippen LogP contribution >= 0.6 is 23.2 Å². The Morgan fingerprint density at radius 1 is 1.06 bits per heavy atom. The van der Waals surface area contributed by atoms with Crippen LogP contribution in [-0.4, -0.2) is 13.7 Å². The number of halogens is 2. The zero-order valence-electron chi connectivity index (χ0n) is 10.9. The molecule has 1 aromatic carbocycles. The van der Waals surface area contributed by atoms with Crippen LogP contribution in [0.1, 0.15) is 38.5 Å². The molecule has 0 aliphatic rings. The summed E-state index contributed by atoms with van der Waals surface area (Å²) < 4.78 is 24.8. The van der Waals surface area contributed by atoms with Gasteiger partial charge in [-0.25, -0.2) is 8.42 Å². The standard InChI is InChI=1S/C13H18Cl2O2S/c1-8(2)9(3)18(16,17)10(4)12-6-5-11(14)7-13(12)15/h5-10H,1-4H3/t9-,10-/m1/s1. The minimum atomic E-state index is -3.25. The summed E-state index contributed by atoms with van der Waals surface area (Å²) >= 11 is 11.9. The minimum absolute atomic E-state index is 0.0727. The molecule has 2 atom stereocenters. The number of hydrogen-bond donors (Lipinski definition) is 0. The minimum Gasteiger partial charge on any atom is -0.228 e. The Hall–Kier alpha value is -0.250. The molecular weight excluding hydrogens is 291 g/mol. The van der Waals surface area contributed by atoms with Crippen LogP contribution in [0.2, 0.25) is 10.0 Å². The van der Waals surface area contributed by atoms with Crippen molar-refractivity contribution in [1.29, 1.82) is 0 Å². The average Bonchev–Trinajstić information content (AvgIpc) is 2.27. The van der Waals surface area contributed by atoms with Crippen molar-refractivity contribution in [3.8, 4) is 0 Å². The smallest absolute Gasteiger partial charge is 0.159 e. The third-order valence-electron chi connectivity index (χ3n) is 3.35. The Kier molecular flexibility index (Phi) is 5.10. The highest BCUT2D eigenvalue weighted by molar-refractivity contribution is 7.92. The molecule has 1 aromatic rings. The number of hydrogen-bond acceptors (Lipinski definition) is 2. The molecule has 0 unspecified atom stereocenters. The molecule has 102 valence electrons. The fourth-order valence-corrected chi connectivity index (χ4v) is 4.31. The topological polar surface area (TPSA) is 34.1 Å². The first kappa shape index (κ1) is 15.8. The van der Waals surface area contributed by atoms with Crippen molar-refractivity contribution < 1.29 is 8.42 Å². The quantitative estimate of drug-likeness (QED) is 0.820. The molecule has 0 N–H and O–H groups in total. The number of sulfone groups is 1. The van der Waals surface area contributed by atoms with Crippen molar-refractivity contribution in [3.05, 3.63) is 33.8 Å². The SMILES string of the molecule is CC(C)[C@@H](C)S(=O)(=O)[C@H](C)c1ccc(Cl)cc1Cl. The molecule has 0 aromatic heterocycles. The van der Waals surface area contributed by atoms with Crippen LogP contribution in [0.15, 0.2) is 18.2 Å². The first-order valence-electron chi connectivity index (χ1n) is 5.85. The average molecular weight is 309 g/mol. The predicted octanol–water partition coefficient (Wildman–Crippen LogP) is 4.51. The van der Waals surface area contributed by atoms with E-state index in [-0.39, 0.29) is 5.92 Å². The Morgan fingerprint density at radius 2 is 1.61 bits per heavy atom. The van der Waals surface area contributed by atoms with E-state index >= 15 is 0 Å². The van der Waals surface area contributed by atoms with Crippen LogP contribution in [0.4, 0.5) is 0 Å². The van der Waals surface area contributed by atoms with Crippen molar-refractivity contribution in [2.75, 3.05) is 0 Å². The van der Waals surface area contributed by atoms with Crippen LogP contribution in [0, 0.1) is 5.92 Å². The Labute approximate surface area is 119 Å². The highest BCUT2D eigenvalue weighted by atomic mass is 35.5. The lowest BCUT2D eigenvalue weighted by Gasteiger charge is -2.22. The molecule has 0 aliphatic carbocycles. The molecule has 0 saturated carbocycles. The lowest BCUT2D eigenvalue weighted by Crippen LogP contribution is -2.27. The van der Waals surface area contributed by atoms with Crippen molar-refractivity contribution in [2.24, 2.45) is 5.92 Å². The van der Waals surface area contributed by atoms with Gasteiger partial charge in [-0.1, -0.05) is 43.1 Å². The molecule has 0 radical (unpaired) electrons. The molecule has 0 heterocycles.